The van der Waals surface area contributed by atoms with E-state index in [0.717, 1.165) is 0 Å². The predicted octanol–water partition coefficient (Wildman–Crippen LogP) is 3.52. The van der Waals surface area contributed by atoms with Crippen LogP contribution in [0.5, 0.6) is 0 Å². The van der Waals surface area contributed by atoms with Gasteiger partial charge in [-0.05, 0) is 62.4 Å². The molecule has 0 spiro atoms. The van der Waals surface area contributed by atoms with Gasteiger partial charge in [0, 0.05) is 97.3 Å². The van der Waals surface area contributed by atoms with Gasteiger partial charge in [0.05, 0.1) is 23.2 Å². The molecule has 2 fully saturated rings. The van der Waals surface area contributed by atoms with E-state index >= 15 is 0 Å². The Kier molecular flexibility index (Phi) is 14.2. The average Bonchev–Trinajstić information content (AvgIpc) is 4.06. The number of nitrogens with zero attached hydrogens (tertiary/aromatic N) is 6. The van der Waals surface area contributed by atoms with Gasteiger partial charge in [-0.25, -0.2) is 0 Å². The number of aromatic nitrogens is 4. The molecule has 4 aromatic heterocycles. The first-order chi connectivity index (χ1) is 32.3. The van der Waals surface area contributed by atoms with E-state index in [1.807, 2.05) is 10.6 Å². The van der Waals surface area contributed by atoms with E-state index in [0.29, 0.717) is 22.5 Å². The second kappa shape index (κ2) is 19.7. The zero-order valence-electron chi connectivity index (χ0n) is 36.4. The molecule has 4 amide bonds. The molecule has 0 aromatic carbocycles. The summed E-state index contributed by atoms with van der Waals surface area (Å²) in [4.78, 5) is 89.2. The normalized spacial score (nSPS) is 23.7. The zero-order chi connectivity index (χ0) is 49.2. The van der Waals surface area contributed by atoms with Crippen LogP contribution in [0.15, 0.2) is 95.1 Å². The van der Waals surface area contributed by atoms with Crippen LogP contribution in [-0.4, -0.2) is 113 Å². The van der Waals surface area contributed by atoms with Crippen LogP contribution in [0.2, 0.25) is 0 Å². The number of rotatable bonds is 10. The lowest BCUT2D eigenvalue weighted by Gasteiger charge is -2.31. The van der Waals surface area contributed by atoms with Crippen LogP contribution in [0, 0.1) is 23.7 Å². The molecule has 2 saturated heterocycles. The molecule has 8 heterocycles. The maximum absolute atomic E-state index is 13.5. The topological polar surface area (TPSA) is 209 Å². The first-order valence-electron chi connectivity index (χ1n) is 21.4. The van der Waals surface area contributed by atoms with Gasteiger partial charge in [0.15, 0.2) is 0 Å². The molecule has 0 radical (unpaired) electrons. The fraction of sp³-hybridized carbons (Fsp3) is 0.391. The van der Waals surface area contributed by atoms with Crippen LogP contribution in [0.25, 0.3) is 12.2 Å². The molecule has 0 aliphatic carbocycles. The van der Waals surface area contributed by atoms with Crippen molar-refractivity contribution < 1.29 is 55.7 Å². The lowest BCUT2D eigenvalue weighted by molar-refractivity contribution is -0.141. The van der Waals surface area contributed by atoms with Crippen molar-refractivity contribution in [2.45, 2.75) is 63.5 Å². The lowest BCUT2D eigenvalue weighted by atomic mass is 9.88. The molecule has 8 rings (SSSR count). The Morgan fingerprint density at radius 1 is 0.647 bits per heavy atom. The number of allylic oxidation sites excluding steroid dienone is 2. The molecule has 68 heavy (non-hydrogen) atoms. The van der Waals surface area contributed by atoms with Crippen LogP contribution in [-0.2, 0) is 22.7 Å². The lowest BCUT2D eigenvalue weighted by Crippen LogP contribution is -2.51. The van der Waals surface area contributed by atoms with E-state index in [1.54, 1.807) is 62.4 Å². The number of alkyl halides is 6. The molecule has 4 N–H and O–H groups in total. The Bertz CT molecular complexity index is 2540. The third kappa shape index (κ3) is 9.46. The quantitative estimate of drug-likeness (QED) is 0.170. The smallest absolute Gasteiger partial charge is 0.396 e. The molecule has 4 aliphatic rings. The number of carbonyl (C=O) groups excluding carboxylic acids is 4. The number of aliphatic hydroxyl groups excluding tert-OH is 2. The van der Waals surface area contributed by atoms with E-state index in [9.17, 15) is 65.3 Å². The molecule has 8 atom stereocenters. The third-order valence-electron chi connectivity index (χ3n) is 12.7. The summed E-state index contributed by atoms with van der Waals surface area (Å²) in [6.45, 7) is -0.441. The van der Waals surface area contributed by atoms with Gasteiger partial charge in [0.2, 0.25) is 11.8 Å². The highest BCUT2D eigenvalue weighted by molar-refractivity contribution is 5.99. The summed E-state index contributed by atoms with van der Waals surface area (Å²) in [6.07, 6.45) is 2.97. The van der Waals surface area contributed by atoms with Gasteiger partial charge < -0.3 is 39.8 Å². The summed E-state index contributed by atoms with van der Waals surface area (Å²) < 4.78 is 79.7. The fourth-order valence-corrected chi connectivity index (χ4v) is 9.93. The summed E-state index contributed by atoms with van der Waals surface area (Å²) in [5.41, 5.74) is 1.52. The van der Waals surface area contributed by atoms with Gasteiger partial charge >= 0.3 is 12.4 Å². The maximum atomic E-state index is 13.5. The van der Waals surface area contributed by atoms with Crippen LogP contribution < -0.4 is 21.8 Å². The molecule has 4 aromatic rings. The summed E-state index contributed by atoms with van der Waals surface area (Å²) >= 11 is 0. The number of carbonyl (C=O) groups is 4. The minimum absolute atomic E-state index is 0.120. The summed E-state index contributed by atoms with van der Waals surface area (Å²) in [5, 5.41) is 24.0. The monoisotopic (exact) mass is 952 g/mol. The van der Waals surface area contributed by atoms with Gasteiger partial charge in [-0.1, -0.05) is 24.3 Å². The van der Waals surface area contributed by atoms with Gasteiger partial charge in [-0.2, -0.15) is 26.3 Å². The van der Waals surface area contributed by atoms with Gasteiger partial charge in [0.25, 0.3) is 22.9 Å². The largest absolute Gasteiger partial charge is 0.405 e. The second-order valence-corrected chi connectivity index (χ2v) is 16.6. The van der Waals surface area contributed by atoms with E-state index in [4.69, 9.17) is 0 Å². The van der Waals surface area contributed by atoms with Crippen molar-refractivity contribution in [3.05, 3.63) is 140 Å². The first-order valence-corrected chi connectivity index (χ1v) is 21.4. The van der Waals surface area contributed by atoms with E-state index in [1.165, 1.54) is 68.0 Å². The van der Waals surface area contributed by atoms with E-state index < -0.39 is 110 Å². The Hall–Kier alpha value is -6.94. The predicted molar refractivity (Wildman–Crippen MR) is 231 cm³/mol. The van der Waals surface area contributed by atoms with Crippen molar-refractivity contribution in [1.29, 1.82) is 0 Å². The molecule has 16 nitrogen and oxygen atoms in total. The number of nitrogens with one attached hydrogen (secondary N) is 2. The Balaban J connectivity index is 0.000000201. The van der Waals surface area contributed by atoms with Gasteiger partial charge in [-0.15, -0.1) is 0 Å². The number of pyridine rings is 4. The fourth-order valence-electron chi connectivity index (χ4n) is 9.93. The van der Waals surface area contributed by atoms with Crippen molar-refractivity contribution in [3.8, 4) is 0 Å². The summed E-state index contributed by atoms with van der Waals surface area (Å²) in [6, 6.07) is 8.32. The van der Waals surface area contributed by atoms with Crippen molar-refractivity contribution in [2.24, 2.45) is 23.7 Å². The highest BCUT2D eigenvalue weighted by Gasteiger charge is 2.59. The van der Waals surface area contributed by atoms with Gasteiger partial charge in [-0.3, -0.25) is 38.7 Å². The highest BCUT2D eigenvalue weighted by atomic mass is 19.4. The Labute approximate surface area is 383 Å². The minimum atomic E-state index is -4.64. The molecular weight excluding hydrogens is 907 g/mol. The van der Waals surface area contributed by atoms with Crippen molar-refractivity contribution in [3.63, 3.8) is 0 Å². The average molecular weight is 953 g/mol. The molecule has 22 heteroatoms. The van der Waals surface area contributed by atoms with Crippen LogP contribution in [0.3, 0.4) is 0 Å². The third-order valence-corrected chi connectivity index (χ3v) is 12.7. The standard InChI is InChI=1S/2C23H23F3N4O4/c2*1-2-4-13-6-7-17-18-15(10-29(17)21(13)33)16(11-31)19(20(32)28-12-23(24,25)26)30(18)22(34)14-5-3-8-27-9-14/h2*2-9,15-16,18-19,31H,10-12H2,1H3,(H,28,32)/b4-2+;4-2-/t2*15-,16-,18+,19-/m11/s1. The zero-order valence-corrected chi connectivity index (χ0v) is 36.4. The Morgan fingerprint density at radius 2 is 1.03 bits per heavy atom. The summed E-state index contributed by atoms with van der Waals surface area (Å²) in [7, 11) is 0. The maximum Gasteiger partial charge on any atom is 0.405 e. The number of hydrogen-bond donors (Lipinski definition) is 4. The van der Waals surface area contributed by atoms with Crippen molar-refractivity contribution >= 4 is 35.8 Å². The SMILES string of the molecule is C/C=C/c1ccc2n(c1=O)C[C@@H]1[C@@H](CO)[C@H](C(=O)NCC(F)(F)F)N(C(=O)c3cccnc3)[C@H]21.C/C=C\c1ccc2n(c1=O)C[C@@H]1[C@@H](CO)[C@H](C(=O)NCC(F)(F)F)N(C(=O)c3cccnc3)[C@H]21. The number of aliphatic hydroxyl groups is 2. The molecule has 0 unspecified atom stereocenters. The number of hydrogen-bond acceptors (Lipinski definition) is 10. The van der Waals surface area contributed by atoms with Crippen LogP contribution in [0.1, 0.15) is 69.2 Å². The molecule has 0 bridgehead atoms. The number of likely N-dealkylation sites (tertiary alicyclic amines) is 2. The number of amides is 4. The van der Waals surface area contributed by atoms with Crippen LogP contribution >= 0.6 is 0 Å². The molecule has 4 aliphatic heterocycles. The van der Waals surface area contributed by atoms with Crippen LogP contribution in [0.4, 0.5) is 26.3 Å². The molecular formula is C46H46F6N8O8. The highest BCUT2D eigenvalue weighted by Crippen LogP contribution is 2.51. The first kappa shape index (κ1) is 49.0. The van der Waals surface area contributed by atoms with Crippen molar-refractivity contribution in [2.75, 3.05) is 26.3 Å². The van der Waals surface area contributed by atoms with E-state index in [-0.39, 0.29) is 35.3 Å². The van der Waals surface area contributed by atoms with Gasteiger partial charge in [0.1, 0.15) is 25.2 Å². The molecule has 360 valence electrons. The minimum Gasteiger partial charge on any atom is -0.396 e. The van der Waals surface area contributed by atoms with Crippen molar-refractivity contribution in [1.82, 2.24) is 39.5 Å². The second-order valence-electron chi connectivity index (χ2n) is 16.6. The summed E-state index contributed by atoms with van der Waals surface area (Å²) in [5.74, 6) is -6.09. The molecule has 0 saturated carbocycles. The van der Waals surface area contributed by atoms with E-state index in [2.05, 4.69) is 9.97 Å². The number of halogens is 6. The number of fused-ring (bicyclic) bond motifs is 6. The Morgan fingerprint density at radius 3 is 1.34 bits per heavy atom.